The van der Waals surface area contributed by atoms with Crippen LogP contribution in [0.1, 0.15) is 0 Å². The van der Waals surface area contributed by atoms with Crippen molar-refractivity contribution in [2.45, 2.75) is 0 Å². The van der Waals surface area contributed by atoms with Gasteiger partial charge in [0, 0.05) is 37.7 Å². The van der Waals surface area contributed by atoms with E-state index in [0.29, 0.717) is 23.0 Å². The predicted molar refractivity (Wildman–Crippen MR) is 22.7 cm³/mol. The molecule has 5 radical (unpaired) electrons. The molecule has 8 heteroatoms. The minimum Gasteiger partial charge on any atom is 0 e. The molecule has 0 spiro atoms. The van der Waals surface area contributed by atoms with E-state index in [1.165, 1.54) is 0 Å². The van der Waals surface area contributed by atoms with E-state index in [4.69, 9.17) is 20.5 Å². The number of rotatable bonds is 0. The van der Waals surface area contributed by atoms with Crippen molar-refractivity contribution in [1.29, 1.82) is 0 Å². The van der Waals surface area contributed by atoms with Crippen LogP contribution in [0.2, 0.25) is 0 Å². The van der Waals surface area contributed by atoms with Crippen LogP contribution in [0.4, 0.5) is 0 Å². The summed E-state index contributed by atoms with van der Waals surface area (Å²) in [5, 5.41) is 0. The summed E-state index contributed by atoms with van der Waals surface area (Å²) in [5.41, 5.74) is 0. The Kier molecular flexibility index (Phi) is 17.0. The molecule has 0 saturated carbocycles. The van der Waals surface area contributed by atoms with E-state index >= 15 is 0 Å². The summed E-state index contributed by atoms with van der Waals surface area (Å²) in [6.07, 6.45) is 0. The van der Waals surface area contributed by atoms with Gasteiger partial charge in [-0.3, -0.25) is 8.42 Å². The third-order valence-corrected chi connectivity index (χ3v) is 0. The molecule has 0 unspecified atom stereocenters. The summed E-state index contributed by atoms with van der Waals surface area (Å²) in [4.78, 5) is 0. The Morgan fingerprint density at radius 3 is 1.12 bits per heavy atom. The van der Waals surface area contributed by atoms with Gasteiger partial charge in [0.15, 0.2) is 0 Å². The SMILES string of the molecule is O=S(=O)([O-])[O-].[O]=[Sb].[Pb]. The predicted octanol–water partition coefficient (Wildman–Crippen LogP) is -2.22. The Hall–Kier alpha value is 1.41. The average molecular weight is 441 g/mol. The summed E-state index contributed by atoms with van der Waals surface area (Å²) in [7, 11) is -5.17. The van der Waals surface area contributed by atoms with E-state index in [9.17, 15) is 0 Å². The van der Waals surface area contributed by atoms with Crippen LogP contribution in [-0.2, 0) is 13.4 Å². The fourth-order valence-corrected chi connectivity index (χ4v) is 0. The summed E-state index contributed by atoms with van der Waals surface area (Å²) in [6, 6.07) is 0. The van der Waals surface area contributed by atoms with Gasteiger partial charge in [-0.05, 0) is 0 Å². The van der Waals surface area contributed by atoms with Crippen LogP contribution in [0.15, 0.2) is 0 Å². The van der Waals surface area contributed by atoms with Crippen molar-refractivity contribution in [2.75, 3.05) is 0 Å². The molecule has 0 aromatic carbocycles. The zero-order valence-corrected chi connectivity index (χ0v) is 10.7. The first-order chi connectivity index (χ1) is 3.00. The van der Waals surface area contributed by atoms with Crippen LogP contribution < -0.4 is 0 Å². The van der Waals surface area contributed by atoms with Crippen LogP contribution in [0.25, 0.3) is 0 Å². The molecule has 0 saturated heterocycles. The van der Waals surface area contributed by atoms with Crippen molar-refractivity contribution in [3.63, 3.8) is 0 Å². The van der Waals surface area contributed by atoms with Gasteiger partial charge in [0.1, 0.15) is 0 Å². The van der Waals surface area contributed by atoms with Gasteiger partial charge in [-0.15, -0.1) is 0 Å². The van der Waals surface area contributed by atoms with Crippen LogP contribution in [0.3, 0.4) is 0 Å². The second-order valence-electron chi connectivity index (χ2n) is 0.408. The Balaban J connectivity index is -0.0000000750. The van der Waals surface area contributed by atoms with E-state index in [0.717, 1.165) is 0 Å². The molecule has 0 aromatic rings. The van der Waals surface area contributed by atoms with Crippen molar-refractivity contribution in [1.82, 2.24) is 0 Å². The smallest absolute Gasteiger partial charge is 0 e. The molecular formula is O5PbSSb-2. The topological polar surface area (TPSA) is 97.3 Å². The van der Waals surface area contributed by atoms with Gasteiger partial charge in [0.25, 0.3) is 0 Å². The van der Waals surface area contributed by atoms with Gasteiger partial charge in [-0.25, -0.2) is 0 Å². The van der Waals surface area contributed by atoms with Crippen molar-refractivity contribution in [3.05, 3.63) is 0 Å². The molecule has 0 amide bonds. The van der Waals surface area contributed by atoms with Crippen LogP contribution >= 0.6 is 0 Å². The molecule has 0 aliphatic rings. The Morgan fingerprint density at radius 1 is 1.12 bits per heavy atom. The van der Waals surface area contributed by atoms with Crippen LogP contribution in [0, 0.1) is 0 Å². The monoisotopic (exact) mass is 441 g/mol. The maximum Gasteiger partial charge on any atom is 0 e. The molecule has 0 aliphatic carbocycles. The van der Waals surface area contributed by atoms with Crippen LogP contribution in [-0.4, -0.2) is 67.8 Å². The minimum atomic E-state index is -5.17. The molecule has 0 rings (SSSR count). The Morgan fingerprint density at radius 2 is 1.12 bits per heavy atom. The first-order valence-corrected chi connectivity index (χ1v) is 3.22. The third-order valence-electron chi connectivity index (χ3n) is 0. The summed E-state index contributed by atoms with van der Waals surface area (Å²) >= 11 is 0.500. The Bertz CT molecular complexity index is 106. The Labute approximate surface area is 80.5 Å². The maximum atomic E-state index is 8.52. The molecule has 0 N–H and O–H groups in total. The number of hydrogen-bond donors (Lipinski definition) is 0. The molecule has 47 valence electrons. The van der Waals surface area contributed by atoms with E-state index in [1.54, 1.807) is 0 Å². The first-order valence-electron chi connectivity index (χ1n) is 0.849. The van der Waals surface area contributed by atoms with E-state index in [2.05, 4.69) is 0 Å². The van der Waals surface area contributed by atoms with E-state index < -0.39 is 10.4 Å². The molecular weight excluding hydrogens is 441 g/mol. The standard InChI is InChI=1S/H2O4S.O.Pb.Sb/c1-5(2,3)4;;;/h(H2,1,2,3,4);;;/p-2. The number of hydrogen-bond acceptors (Lipinski definition) is 5. The van der Waals surface area contributed by atoms with Gasteiger partial charge in [-0.2, -0.15) is 0 Å². The molecule has 0 bridgehead atoms. The van der Waals surface area contributed by atoms with E-state index in [1.807, 2.05) is 0 Å². The van der Waals surface area contributed by atoms with Crippen molar-refractivity contribution >= 4 is 60.7 Å². The summed E-state index contributed by atoms with van der Waals surface area (Å²) < 4.78 is 42.4. The molecule has 0 aromatic heterocycles. The first kappa shape index (κ1) is 16.2. The van der Waals surface area contributed by atoms with Gasteiger partial charge in [0.2, 0.25) is 0 Å². The van der Waals surface area contributed by atoms with Crippen molar-refractivity contribution < 1.29 is 20.5 Å². The van der Waals surface area contributed by atoms with Crippen molar-refractivity contribution in [3.8, 4) is 0 Å². The largest absolute Gasteiger partial charge is 0 e. The third kappa shape index (κ3) is 153. The molecule has 0 fully saturated rings. The molecule has 0 aliphatic heterocycles. The fraction of sp³-hybridized carbons (Fsp3) is 0. The summed E-state index contributed by atoms with van der Waals surface area (Å²) in [6.45, 7) is 0. The van der Waals surface area contributed by atoms with Crippen LogP contribution in [0.5, 0.6) is 0 Å². The van der Waals surface area contributed by atoms with Gasteiger partial charge in [-0.1, -0.05) is 0 Å². The maximum absolute atomic E-state index is 8.52. The zero-order chi connectivity index (χ0) is 6.50. The quantitative estimate of drug-likeness (QED) is 0.241. The molecule has 8 heavy (non-hydrogen) atoms. The fourth-order valence-electron chi connectivity index (χ4n) is 0. The van der Waals surface area contributed by atoms with E-state index in [-0.39, 0.29) is 27.3 Å². The van der Waals surface area contributed by atoms with Gasteiger partial charge < -0.3 is 9.11 Å². The zero-order valence-electron chi connectivity index (χ0n) is 3.40. The van der Waals surface area contributed by atoms with Gasteiger partial charge in [0.05, 0.1) is 0 Å². The average Bonchev–Trinajstić information content (AvgIpc) is 1.36. The second-order valence-corrected chi connectivity index (χ2v) is 1.22. The molecule has 0 heterocycles. The van der Waals surface area contributed by atoms with Crippen molar-refractivity contribution in [2.24, 2.45) is 0 Å². The normalized spacial score (nSPS) is 7.75. The minimum absolute atomic E-state index is 0. The summed E-state index contributed by atoms with van der Waals surface area (Å²) in [5.74, 6) is 0. The van der Waals surface area contributed by atoms with Gasteiger partial charge >= 0.3 is 26.0 Å². The molecule has 5 nitrogen and oxygen atoms in total. The molecule has 0 atom stereocenters. The second kappa shape index (κ2) is 8.41.